The zero-order valence-electron chi connectivity index (χ0n) is 65.4. The first kappa shape index (κ1) is 91.9. The van der Waals surface area contributed by atoms with Crippen LogP contribution in [0.1, 0.15) is 150 Å². The molecule has 4 N–H and O–H groups in total. The van der Waals surface area contributed by atoms with Gasteiger partial charge in [0.15, 0.2) is 0 Å². The normalized spacial score (nSPS) is 22.7. The fourth-order valence-electron chi connectivity index (χ4n) is 15.6. The van der Waals surface area contributed by atoms with Gasteiger partial charge in [0.2, 0.25) is 0 Å². The fraction of sp³-hybridized carbons (Fsp3) is 0.410. The van der Waals surface area contributed by atoms with E-state index in [1.165, 1.54) is 53.8 Å². The molecule has 14 rings (SSSR count). The lowest BCUT2D eigenvalue weighted by Gasteiger charge is -2.52. The van der Waals surface area contributed by atoms with Gasteiger partial charge in [-0.15, -0.1) is 28.3 Å². The van der Waals surface area contributed by atoms with Gasteiger partial charge in [0.25, 0.3) is 0 Å². The maximum atomic E-state index is 14.1. The summed E-state index contributed by atoms with van der Waals surface area (Å²) in [5.74, 6) is 0.206. The molecule has 0 bridgehead atoms. The second kappa shape index (κ2) is 36.1. The minimum Gasteiger partial charge on any atom is -0.461 e. The molecule has 3 fully saturated rings. The molecular formula is C83H80Cl2F18N12O8. The Morgan fingerprint density at radius 1 is 0.455 bits per heavy atom. The standard InChI is InChI=1S/C33H30F6N4O4.2C25H25ClF6N4O2/c1-22(24-14-26(32(34,35)36)16-27(15-24)33(37,38)39)46-20-31(25-10-6-3-7-11-25)13-12-30(19-47-28-41-40-21-43(28)30)18-42(31)29(44)45-17-23-8-4-2-5-9-23;2*1-16(17-9-19(24(27,28)29)11-20(10-17)25(30,31)32)38-14-23(18-5-3-2-4-6-18)8-7-22(12-26,13-33-23)36-15-34-35-21(36)37/h2-11,14-16,21-22H,12-13,17-20H2,1H3;2*2-6,9-11,15-16,33H,7-8,12-14H2,1H3,(H,35,37)/t22-,30+,31-;2*16-,22-,23-/m111/s1. The average Bonchev–Trinajstić information content (AvgIpc) is 1.68. The number of ether oxygens (including phenoxy) is 5. The molecule has 1 spiro atoms. The number of hydrogen-bond acceptors (Lipinski definition) is 14. The van der Waals surface area contributed by atoms with E-state index in [1.54, 1.807) is 47.0 Å². The van der Waals surface area contributed by atoms with Gasteiger partial charge in [-0.3, -0.25) is 18.6 Å². The Kier molecular flexibility index (Phi) is 27.0. The zero-order chi connectivity index (χ0) is 89.0. The molecule has 3 saturated heterocycles. The third-order valence-electron chi connectivity index (χ3n) is 23.0. The number of benzene rings is 7. The van der Waals surface area contributed by atoms with Crippen LogP contribution in [-0.2, 0) is 95.8 Å². The summed E-state index contributed by atoms with van der Waals surface area (Å²) in [5.41, 5.74) is -12.3. The molecule has 0 saturated carbocycles. The molecule has 4 aliphatic rings. The Balaban J connectivity index is 0.000000170. The van der Waals surface area contributed by atoms with E-state index < -0.39 is 139 Å². The van der Waals surface area contributed by atoms with Gasteiger partial charge in [0, 0.05) is 24.8 Å². The van der Waals surface area contributed by atoms with Gasteiger partial charge in [0.05, 0.1) is 106 Å². The van der Waals surface area contributed by atoms with Crippen LogP contribution in [-0.4, -0.2) is 113 Å². The molecule has 0 radical (unpaired) electrons. The van der Waals surface area contributed by atoms with Crippen LogP contribution < -0.4 is 26.7 Å². The van der Waals surface area contributed by atoms with Crippen LogP contribution in [0.2, 0.25) is 0 Å². The Morgan fingerprint density at radius 3 is 1.15 bits per heavy atom. The number of carbonyl (C=O) groups excluding carboxylic acids is 1. The summed E-state index contributed by atoms with van der Waals surface area (Å²) in [7, 11) is 0. The highest BCUT2D eigenvalue weighted by Gasteiger charge is 2.57. The number of hydrogen-bond donors (Lipinski definition) is 4. The van der Waals surface area contributed by atoms with E-state index >= 15 is 0 Å². The van der Waals surface area contributed by atoms with Gasteiger partial charge in [-0.05, 0) is 153 Å². The monoisotopic (exact) mass is 1780 g/mol. The van der Waals surface area contributed by atoms with Crippen LogP contribution in [0.15, 0.2) is 204 Å². The van der Waals surface area contributed by atoms with Crippen molar-refractivity contribution in [1.29, 1.82) is 0 Å². The number of alkyl halides is 20. The molecule has 660 valence electrons. The summed E-state index contributed by atoms with van der Waals surface area (Å²) in [6.45, 7) is 4.53. The highest BCUT2D eigenvalue weighted by atomic mass is 35.5. The number of rotatable bonds is 21. The number of aromatic amines is 2. The van der Waals surface area contributed by atoms with E-state index in [2.05, 4.69) is 41.2 Å². The molecule has 10 aromatic rings. The summed E-state index contributed by atoms with van der Waals surface area (Å²) in [4.78, 5) is 40.1. The SMILES string of the molecule is C[C@@H](OC[C@@]1(c2ccccc2)CC[C@@]2(COc3nncn32)CN1C(=O)OCc1ccccc1)c1cc(C(F)(F)F)cc(C(F)(F)F)c1.C[C@@H](OC[C@@]1(c2ccccc2)CC[C@](CCl)(n2cn[nH]c2=O)CN1)c1cc(C(F)(F)F)cc(C(F)(F)F)c1.C[C@@H](OC[C@@]1(c2ccccc2)CC[C@](CCl)(n2cn[nH]c2=O)CN1)c1cc(C(F)(F)F)cc(C(F)(F)F)c1. The van der Waals surface area contributed by atoms with Crippen LogP contribution in [0.3, 0.4) is 0 Å². The van der Waals surface area contributed by atoms with Crippen molar-refractivity contribution >= 4 is 29.3 Å². The molecule has 20 nitrogen and oxygen atoms in total. The number of amides is 1. The van der Waals surface area contributed by atoms with Gasteiger partial charge >= 0.3 is 60.5 Å². The third kappa shape index (κ3) is 20.4. The van der Waals surface area contributed by atoms with E-state index in [-0.39, 0.29) is 106 Å². The second-order valence-corrected chi connectivity index (χ2v) is 31.3. The van der Waals surface area contributed by atoms with Gasteiger partial charge < -0.3 is 34.3 Å². The quantitative estimate of drug-likeness (QED) is 0.0388. The number of nitrogens with zero attached hydrogens (tertiary/aromatic N) is 8. The summed E-state index contributed by atoms with van der Waals surface area (Å²) in [6, 6.07) is 40.9. The van der Waals surface area contributed by atoms with E-state index in [9.17, 15) is 93.4 Å². The lowest BCUT2D eigenvalue weighted by molar-refractivity contribution is -0.145. The summed E-state index contributed by atoms with van der Waals surface area (Å²) >= 11 is 12.6. The molecule has 4 aliphatic heterocycles. The van der Waals surface area contributed by atoms with Gasteiger partial charge in [0.1, 0.15) is 37.7 Å². The van der Waals surface area contributed by atoms with Gasteiger partial charge in [-0.25, -0.2) is 24.6 Å². The van der Waals surface area contributed by atoms with Crippen molar-refractivity contribution in [3.05, 3.63) is 288 Å². The Bertz CT molecular complexity index is 5050. The molecule has 123 heavy (non-hydrogen) atoms. The van der Waals surface area contributed by atoms with Crippen molar-refractivity contribution in [1.82, 2.24) is 59.8 Å². The summed E-state index contributed by atoms with van der Waals surface area (Å²) in [6.07, 6.45) is -27.3. The highest BCUT2D eigenvalue weighted by molar-refractivity contribution is 6.18. The molecule has 0 unspecified atom stereocenters. The number of aromatic nitrogens is 9. The molecule has 0 aliphatic carbocycles. The molecule has 40 heteroatoms. The van der Waals surface area contributed by atoms with Crippen molar-refractivity contribution in [2.75, 3.05) is 57.8 Å². The largest absolute Gasteiger partial charge is 0.461 e. The number of fused-ring (bicyclic) bond motifs is 2. The second-order valence-electron chi connectivity index (χ2n) is 30.8. The lowest BCUT2D eigenvalue weighted by Crippen LogP contribution is -2.63. The number of H-pyrrole nitrogens is 2. The molecule has 1 amide bonds. The minimum atomic E-state index is -5.01. The minimum absolute atomic E-state index is 0.0376. The van der Waals surface area contributed by atoms with E-state index in [0.717, 1.165) is 16.7 Å². The smallest absolute Gasteiger partial charge is 0.416 e. The molecule has 7 heterocycles. The average molecular weight is 1790 g/mol. The number of carbonyl (C=O) groups is 1. The molecular weight excluding hydrogens is 1710 g/mol. The summed E-state index contributed by atoms with van der Waals surface area (Å²) in [5, 5.41) is 27.0. The van der Waals surface area contributed by atoms with Crippen LogP contribution in [0.25, 0.3) is 0 Å². The van der Waals surface area contributed by atoms with Crippen molar-refractivity contribution in [3.8, 4) is 6.01 Å². The number of nitrogens with one attached hydrogen (secondary N) is 4. The fourth-order valence-corrected chi connectivity index (χ4v) is 16.4. The predicted octanol–water partition coefficient (Wildman–Crippen LogP) is 18.7. The Hall–Kier alpha value is -10.3. The third-order valence-corrected chi connectivity index (χ3v) is 24.0. The van der Waals surface area contributed by atoms with E-state index in [4.69, 9.17) is 46.9 Å². The van der Waals surface area contributed by atoms with Crippen LogP contribution in [0.4, 0.5) is 83.8 Å². The highest BCUT2D eigenvalue weighted by Crippen LogP contribution is 2.50. The lowest BCUT2D eigenvalue weighted by atomic mass is 9.75. The van der Waals surface area contributed by atoms with Crippen molar-refractivity contribution in [2.24, 2.45) is 0 Å². The van der Waals surface area contributed by atoms with Crippen molar-refractivity contribution < 1.29 is 108 Å². The Morgan fingerprint density at radius 2 is 0.813 bits per heavy atom. The maximum absolute atomic E-state index is 14.1. The number of likely N-dealkylation sites (tertiary alicyclic amines) is 1. The van der Waals surface area contributed by atoms with E-state index in [1.807, 2.05) is 78.9 Å². The van der Waals surface area contributed by atoms with Crippen LogP contribution >= 0.6 is 23.2 Å². The van der Waals surface area contributed by atoms with E-state index in [0.29, 0.717) is 80.1 Å². The Labute approximate surface area is 700 Å². The molecule has 7 aromatic carbocycles. The first-order valence-corrected chi connectivity index (χ1v) is 39.3. The van der Waals surface area contributed by atoms with Gasteiger partial charge in [-0.1, -0.05) is 126 Å². The topological polar surface area (TPSA) is 223 Å². The zero-order valence-corrected chi connectivity index (χ0v) is 66.9. The first-order valence-electron chi connectivity index (χ1n) is 38.2. The predicted molar refractivity (Wildman–Crippen MR) is 410 cm³/mol. The van der Waals surface area contributed by atoms with Crippen molar-refractivity contribution in [2.45, 2.75) is 155 Å². The van der Waals surface area contributed by atoms with Gasteiger partial charge in [-0.2, -0.15) is 89.2 Å². The first-order chi connectivity index (χ1) is 57.9. The maximum Gasteiger partial charge on any atom is 0.416 e. The summed E-state index contributed by atoms with van der Waals surface area (Å²) < 4.78 is 276. The van der Waals surface area contributed by atoms with Crippen molar-refractivity contribution in [3.63, 3.8) is 0 Å². The molecule has 9 atom stereocenters. The molecule has 3 aromatic heterocycles. The van der Waals surface area contributed by atoms with Crippen LogP contribution in [0.5, 0.6) is 6.01 Å². The number of piperidine rings is 3. The number of halogens is 20. The van der Waals surface area contributed by atoms with Crippen LogP contribution in [0, 0.1) is 0 Å².